The second kappa shape index (κ2) is 5.93. The maximum absolute atomic E-state index is 9.45. The molecule has 1 heterocycles. The molecule has 1 aromatic carbocycles. The summed E-state index contributed by atoms with van der Waals surface area (Å²) in [4.78, 5) is 0. The summed E-state index contributed by atoms with van der Waals surface area (Å²) in [7, 11) is 0. The summed E-state index contributed by atoms with van der Waals surface area (Å²) >= 11 is 0. The highest BCUT2D eigenvalue weighted by Gasteiger charge is 2.27. The van der Waals surface area contributed by atoms with Crippen LogP contribution in [0.1, 0.15) is 37.2 Å². The molecule has 3 nitrogen and oxygen atoms in total. The van der Waals surface area contributed by atoms with Crippen molar-refractivity contribution >= 4 is 0 Å². The third-order valence-electron chi connectivity index (χ3n) is 4.57. The average Bonchev–Trinajstić information content (AvgIpc) is 2.89. The molecule has 1 aliphatic carbocycles. The Labute approximate surface area is 115 Å². The Morgan fingerprint density at radius 1 is 1.21 bits per heavy atom. The van der Waals surface area contributed by atoms with E-state index in [-0.39, 0.29) is 0 Å². The van der Waals surface area contributed by atoms with Crippen LogP contribution in [-0.4, -0.2) is 30.9 Å². The van der Waals surface area contributed by atoms with Gasteiger partial charge in [-0.2, -0.15) is 0 Å². The van der Waals surface area contributed by atoms with Crippen molar-refractivity contribution in [3.05, 3.63) is 29.8 Å². The Balaban J connectivity index is 1.58. The van der Waals surface area contributed by atoms with Gasteiger partial charge in [-0.15, -0.1) is 0 Å². The number of hydrogen-bond donors (Lipinski definition) is 2. The number of benzene rings is 1. The molecule has 1 fully saturated rings. The van der Waals surface area contributed by atoms with Crippen LogP contribution in [0, 0.1) is 5.92 Å². The van der Waals surface area contributed by atoms with E-state index < -0.39 is 0 Å². The largest absolute Gasteiger partial charge is 0.493 e. The minimum atomic E-state index is 0.315. The van der Waals surface area contributed by atoms with Crippen molar-refractivity contribution in [3.8, 4) is 5.75 Å². The van der Waals surface area contributed by atoms with Gasteiger partial charge in [0, 0.05) is 30.7 Å². The molecule has 2 aliphatic rings. The van der Waals surface area contributed by atoms with Gasteiger partial charge in [-0.25, -0.2) is 0 Å². The monoisotopic (exact) mass is 261 g/mol. The molecule has 0 saturated heterocycles. The molecule has 104 valence electrons. The number of nitrogens with one attached hydrogen (secondary N) is 1. The van der Waals surface area contributed by atoms with Gasteiger partial charge in [-0.1, -0.05) is 31.0 Å². The maximum Gasteiger partial charge on any atom is 0.122 e. The summed E-state index contributed by atoms with van der Waals surface area (Å²) in [6.45, 7) is 2.05. The first kappa shape index (κ1) is 12.9. The standard InChI is InChI=1S/C16H23NO2/c18-10-12-5-1-3-7-15(12)17-9-13-11-19-16-8-4-2-6-14(13)16/h2,4,6,8,12-13,15,17-18H,1,3,5,7,9-11H2. The van der Waals surface area contributed by atoms with E-state index in [4.69, 9.17) is 4.74 Å². The van der Waals surface area contributed by atoms with Crippen LogP contribution in [0.2, 0.25) is 0 Å². The number of aliphatic hydroxyl groups excluding tert-OH is 1. The summed E-state index contributed by atoms with van der Waals surface area (Å²) < 4.78 is 5.71. The molecular formula is C16H23NO2. The van der Waals surface area contributed by atoms with E-state index in [1.807, 2.05) is 12.1 Å². The lowest BCUT2D eigenvalue weighted by molar-refractivity contribution is 0.151. The van der Waals surface area contributed by atoms with E-state index in [9.17, 15) is 5.11 Å². The zero-order valence-electron chi connectivity index (χ0n) is 11.3. The highest BCUT2D eigenvalue weighted by atomic mass is 16.5. The zero-order chi connectivity index (χ0) is 13.1. The van der Waals surface area contributed by atoms with Crippen LogP contribution in [0.4, 0.5) is 0 Å². The molecule has 19 heavy (non-hydrogen) atoms. The lowest BCUT2D eigenvalue weighted by Crippen LogP contribution is -2.42. The lowest BCUT2D eigenvalue weighted by Gasteiger charge is -2.31. The van der Waals surface area contributed by atoms with Gasteiger partial charge in [0.2, 0.25) is 0 Å². The fourth-order valence-corrected chi connectivity index (χ4v) is 3.39. The van der Waals surface area contributed by atoms with Gasteiger partial charge in [-0.05, 0) is 24.8 Å². The minimum Gasteiger partial charge on any atom is -0.493 e. The van der Waals surface area contributed by atoms with Crippen LogP contribution in [0.5, 0.6) is 5.75 Å². The molecule has 0 bridgehead atoms. The molecule has 0 amide bonds. The summed E-state index contributed by atoms with van der Waals surface area (Å²) in [5.41, 5.74) is 1.33. The summed E-state index contributed by atoms with van der Waals surface area (Å²) in [5, 5.41) is 13.1. The van der Waals surface area contributed by atoms with E-state index in [1.54, 1.807) is 0 Å². The predicted molar refractivity (Wildman–Crippen MR) is 75.5 cm³/mol. The van der Waals surface area contributed by atoms with E-state index in [2.05, 4.69) is 17.4 Å². The first-order valence-electron chi connectivity index (χ1n) is 7.44. The first-order valence-corrected chi connectivity index (χ1v) is 7.44. The first-order chi connectivity index (χ1) is 9.38. The average molecular weight is 261 g/mol. The van der Waals surface area contributed by atoms with E-state index in [1.165, 1.54) is 24.8 Å². The molecule has 3 rings (SSSR count). The number of aliphatic hydroxyl groups is 1. The second-order valence-corrected chi connectivity index (χ2v) is 5.79. The molecule has 1 saturated carbocycles. The van der Waals surface area contributed by atoms with Crippen LogP contribution < -0.4 is 10.1 Å². The highest BCUT2D eigenvalue weighted by molar-refractivity contribution is 5.39. The van der Waals surface area contributed by atoms with Gasteiger partial charge in [0.05, 0.1) is 6.61 Å². The summed E-state index contributed by atoms with van der Waals surface area (Å²) in [6, 6.07) is 8.80. The Hall–Kier alpha value is -1.06. The van der Waals surface area contributed by atoms with Crippen molar-refractivity contribution in [1.82, 2.24) is 5.32 Å². The van der Waals surface area contributed by atoms with E-state index in [0.29, 0.717) is 24.5 Å². The molecule has 1 aromatic rings. The normalized spacial score (nSPS) is 29.8. The van der Waals surface area contributed by atoms with Crippen molar-refractivity contribution < 1.29 is 9.84 Å². The molecule has 3 heteroatoms. The van der Waals surface area contributed by atoms with Crippen LogP contribution in [0.3, 0.4) is 0 Å². The van der Waals surface area contributed by atoms with E-state index >= 15 is 0 Å². The van der Waals surface area contributed by atoms with Gasteiger partial charge in [0.15, 0.2) is 0 Å². The topological polar surface area (TPSA) is 41.5 Å². The minimum absolute atomic E-state index is 0.315. The molecule has 0 aromatic heterocycles. The number of ether oxygens (including phenoxy) is 1. The maximum atomic E-state index is 9.45. The highest BCUT2D eigenvalue weighted by Crippen LogP contribution is 2.33. The van der Waals surface area contributed by atoms with Gasteiger partial charge in [0.1, 0.15) is 5.75 Å². The van der Waals surface area contributed by atoms with Crippen LogP contribution in [0.25, 0.3) is 0 Å². The van der Waals surface area contributed by atoms with Crippen molar-refractivity contribution in [3.63, 3.8) is 0 Å². The molecule has 3 unspecified atom stereocenters. The van der Waals surface area contributed by atoms with Crippen molar-refractivity contribution in [2.24, 2.45) is 5.92 Å². The predicted octanol–water partition coefficient (Wildman–Crippen LogP) is 2.30. The third-order valence-corrected chi connectivity index (χ3v) is 4.57. The lowest BCUT2D eigenvalue weighted by atomic mass is 9.84. The molecule has 0 radical (unpaired) electrons. The number of fused-ring (bicyclic) bond motifs is 1. The van der Waals surface area contributed by atoms with Crippen molar-refractivity contribution in [2.45, 2.75) is 37.6 Å². The van der Waals surface area contributed by atoms with Crippen molar-refractivity contribution in [2.75, 3.05) is 19.8 Å². The molecular weight excluding hydrogens is 238 g/mol. The third kappa shape index (κ3) is 2.77. The Morgan fingerprint density at radius 3 is 2.95 bits per heavy atom. The zero-order valence-corrected chi connectivity index (χ0v) is 11.3. The fraction of sp³-hybridized carbons (Fsp3) is 0.625. The van der Waals surface area contributed by atoms with Gasteiger partial charge >= 0.3 is 0 Å². The van der Waals surface area contributed by atoms with Crippen LogP contribution in [-0.2, 0) is 0 Å². The number of rotatable bonds is 4. The SMILES string of the molecule is OCC1CCCCC1NCC1COc2ccccc21. The molecule has 2 N–H and O–H groups in total. The number of para-hydroxylation sites is 1. The molecule has 1 aliphatic heterocycles. The van der Waals surface area contributed by atoms with Gasteiger partial charge in [-0.3, -0.25) is 0 Å². The van der Waals surface area contributed by atoms with Crippen LogP contribution >= 0.6 is 0 Å². The Bertz CT molecular complexity index is 421. The quantitative estimate of drug-likeness (QED) is 0.874. The fourth-order valence-electron chi connectivity index (χ4n) is 3.39. The smallest absolute Gasteiger partial charge is 0.122 e. The second-order valence-electron chi connectivity index (χ2n) is 5.79. The number of hydrogen-bond acceptors (Lipinski definition) is 3. The summed E-state index contributed by atoms with van der Waals surface area (Å²) in [5.74, 6) is 1.93. The van der Waals surface area contributed by atoms with Crippen molar-refractivity contribution in [1.29, 1.82) is 0 Å². The van der Waals surface area contributed by atoms with Gasteiger partial charge < -0.3 is 15.2 Å². The molecule has 3 atom stereocenters. The van der Waals surface area contributed by atoms with Crippen LogP contribution in [0.15, 0.2) is 24.3 Å². The Morgan fingerprint density at radius 2 is 2.05 bits per heavy atom. The van der Waals surface area contributed by atoms with E-state index in [0.717, 1.165) is 25.3 Å². The Kier molecular flexibility index (Phi) is 4.04. The molecule has 0 spiro atoms. The van der Waals surface area contributed by atoms with Gasteiger partial charge in [0.25, 0.3) is 0 Å². The summed E-state index contributed by atoms with van der Waals surface area (Å²) in [6.07, 6.45) is 4.90.